The molecule has 4 rings (SSSR count). The molecule has 1 aliphatic heterocycles. The summed E-state index contributed by atoms with van der Waals surface area (Å²) >= 11 is 0. The topological polar surface area (TPSA) is 29.5 Å². The fourth-order valence-electron chi connectivity index (χ4n) is 3.93. The molecule has 1 heterocycles. The van der Waals surface area contributed by atoms with E-state index in [-0.39, 0.29) is 0 Å². The second kappa shape index (κ2) is 3.86. The Hall–Kier alpha value is -0.760. The smallest absolute Gasteiger partial charge is 0.140 e. The molecule has 3 atom stereocenters. The molecule has 1 N–H and O–H groups in total. The predicted molar refractivity (Wildman–Crippen MR) is 72.0 cm³/mol. The van der Waals surface area contributed by atoms with E-state index in [2.05, 4.69) is 26.0 Å². The third-order valence-corrected chi connectivity index (χ3v) is 5.45. The summed E-state index contributed by atoms with van der Waals surface area (Å²) in [6.45, 7) is 7.33. The van der Waals surface area contributed by atoms with E-state index in [0.29, 0.717) is 11.3 Å². The monoisotopic (exact) mass is 248 g/mol. The Kier molecular flexibility index (Phi) is 2.64. The molecule has 0 aromatic rings. The van der Waals surface area contributed by atoms with Crippen LogP contribution in [0, 0.1) is 17.3 Å². The summed E-state index contributed by atoms with van der Waals surface area (Å²) in [7, 11) is 0. The molecule has 1 unspecified atom stereocenters. The van der Waals surface area contributed by atoms with E-state index in [1.165, 1.54) is 12.0 Å². The van der Waals surface area contributed by atoms with Gasteiger partial charge in [0, 0.05) is 0 Å². The normalized spacial score (nSPS) is 36.7. The zero-order chi connectivity index (χ0) is 13.0. The number of hydrogen-bond donors (Lipinski definition) is 1. The second-order valence-corrected chi connectivity index (χ2v) is 6.83. The standard InChI is InChI=1S/C16H24O2/c1-15(2)11-7-8-12(13(15)10-11)16(3,17)14-6-4-5-9-18-14/h6,8,11,13,17H,4-5,7,9-10H2,1-3H3/t11-,13+,16?/m1/s1. The number of fused-ring (bicyclic) bond motifs is 1. The minimum Gasteiger partial charge on any atom is -0.495 e. The summed E-state index contributed by atoms with van der Waals surface area (Å²) < 4.78 is 5.70. The molecule has 1 saturated carbocycles. The fraction of sp³-hybridized carbons (Fsp3) is 0.750. The van der Waals surface area contributed by atoms with Gasteiger partial charge < -0.3 is 9.84 Å². The van der Waals surface area contributed by atoms with Crippen LogP contribution in [0.1, 0.15) is 46.5 Å². The molecule has 4 aliphatic rings. The largest absolute Gasteiger partial charge is 0.495 e. The van der Waals surface area contributed by atoms with Gasteiger partial charge in [-0.3, -0.25) is 0 Å². The first kappa shape index (κ1) is 12.3. The molecule has 100 valence electrons. The van der Waals surface area contributed by atoms with Crippen LogP contribution in [0.4, 0.5) is 0 Å². The highest BCUT2D eigenvalue weighted by Gasteiger charge is 2.55. The van der Waals surface area contributed by atoms with Crippen molar-refractivity contribution in [3.63, 3.8) is 0 Å². The lowest BCUT2D eigenvalue weighted by molar-refractivity contribution is -0.0453. The summed E-state index contributed by atoms with van der Waals surface area (Å²) in [5.74, 6) is 2.11. The van der Waals surface area contributed by atoms with Crippen LogP contribution in [0.15, 0.2) is 23.5 Å². The lowest BCUT2D eigenvalue weighted by atomic mass is 9.47. The van der Waals surface area contributed by atoms with Crippen LogP contribution in [0.5, 0.6) is 0 Å². The number of aliphatic hydroxyl groups is 1. The molecule has 3 aliphatic carbocycles. The third-order valence-electron chi connectivity index (χ3n) is 5.45. The maximum atomic E-state index is 10.9. The minimum atomic E-state index is -0.895. The molecular formula is C16H24O2. The van der Waals surface area contributed by atoms with Gasteiger partial charge in [-0.2, -0.15) is 0 Å². The number of hydrogen-bond acceptors (Lipinski definition) is 2. The Balaban J connectivity index is 1.90. The molecule has 1 fully saturated rings. The van der Waals surface area contributed by atoms with E-state index >= 15 is 0 Å². The van der Waals surface area contributed by atoms with E-state index in [9.17, 15) is 5.11 Å². The number of ether oxygens (including phenoxy) is 1. The second-order valence-electron chi connectivity index (χ2n) is 6.83. The van der Waals surface area contributed by atoms with Crippen LogP contribution in [0.3, 0.4) is 0 Å². The lowest BCUT2D eigenvalue weighted by Gasteiger charge is -2.58. The SMILES string of the molecule is CC(O)(C1=CCCCO1)C1=CC[C@@H]2C[C@@H]1C2(C)C. The van der Waals surface area contributed by atoms with Gasteiger partial charge in [0.1, 0.15) is 11.4 Å². The quantitative estimate of drug-likeness (QED) is 0.759. The highest BCUT2D eigenvalue weighted by atomic mass is 16.5. The van der Waals surface area contributed by atoms with Crippen molar-refractivity contribution < 1.29 is 9.84 Å². The van der Waals surface area contributed by atoms with E-state index in [1.807, 2.05) is 6.92 Å². The highest BCUT2D eigenvalue weighted by Crippen LogP contribution is 2.61. The van der Waals surface area contributed by atoms with Crippen molar-refractivity contribution in [1.29, 1.82) is 0 Å². The number of allylic oxidation sites excluding steroid dienone is 2. The average molecular weight is 248 g/mol. The molecule has 0 aromatic carbocycles. The van der Waals surface area contributed by atoms with Crippen molar-refractivity contribution in [2.24, 2.45) is 17.3 Å². The zero-order valence-corrected chi connectivity index (χ0v) is 11.7. The highest BCUT2D eigenvalue weighted by molar-refractivity contribution is 5.36. The van der Waals surface area contributed by atoms with Gasteiger partial charge in [0.05, 0.1) is 6.61 Å². The van der Waals surface area contributed by atoms with Gasteiger partial charge >= 0.3 is 0 Å². The van der Waals surface area contributed by atoms with Gasteiger partial charge in [-0.15, -0.1) is 0 Å². The Morgan fingerprint density at radius 2 is 2.17 bits per heavy atom. The fourth-order valence-corrected chi connectivity index (χ4v) is 3.93. The molecule has 0 amide bonds. The molecule has 2 bridgehead atoms. The molecule has 0 radical (unpaired) electrons. The van der Waals surface area contributed by atoms with Crippen LogP contribution in [0.2, 0.25) is 0 Å². The lowest BCUT2D eigenvalue weighted by Crippen LogP contribution is -2.53. The maximum Gasteiger partial charge on any atom is 0.140 e. The molecule has 0 spiro atoms. The van der Waals surface area contributed by atoms with Crippen LogP contribution in [-0.2, 0) is 4.74 Å². The van der Waals surface area contributed by atoms with Gasteiger partial charge in [0.2, 0.25) is 0 Å². The van der Waals surface area contributed by atoms with Crippen LogP contribution < -0.4 is 0 Å². The maximum absolute atomic E-state index is 10.9. The van der Waals surface area contributed by atoms with Gasteiger partial charge in [0.25, 0.3) is 0 Å². The molecule has 2 heteroatoms. The van der Waals surface area contributed by atoms with Crippen LogP contribution in [-0.4, -0.2) is 17.3 Å². The van der Waals surface area contributed by atoms with Crippen LogP contribution >= 0.6 is 0 Å². The van der Waals surface area contributed by atoms with Crippen LogP contribution in [0.25, 0.3) is 0 Å². The van der Waals surface area contributed by atoms with Gasteiger partial charge in [0.15, 0.2) is 0 Å². The Morgan fingerprint density at radius 1 is 1.39 bits per heavy atom. The molecule has 0 saturated heterocycles. The average Bonchev–Trinajstić information content (AvgIpc) is 2.39. The first-order valence-electron chi connectivity index (χ1n) is 7.20. The molecule has 0 aromatic heterocycles. The Bertz CT molecular complexity index is 415. The zero-order valence-electron chi connectivity index (χ0n) is 11.7. The minimum absolute atomic E-state index is 0.350. The molecule has 18 heavy (non-hydrogen) atoms. The summed E-state index contributed by atoms with van der Waals surface area (Å²) in [5.41, 5.74) is 0.653. The molecule has 2 nitrogen and oxygen atoms in total. The van der Waals surface area contributed by atoms with Crippen molar-refractivity contribution in [2.45, 2.75) is 52.1 Å². The Morgan fingerprint density at radius 3 is 2.72 bits per heavy atom. The summed E-state index contributed by atoms with van der Waals surface area (Å²) in [5, 5.41) is 10.9. The van der Waals surface area contributed by atoms with Crippen molar-refractivity contribution >= 4 is 0 Å². The summed E-state index contributed by atoms with van der Waals surface area (Å²) in [6, 6.07) is 0. The van der Waals surface area contributed by atoms with Crippen molar-refractivity contribution in [3.8, 4) is 0 Å². The van der Waals surface area contributed by atoms with Gasteiger partial charge in [-0.25, -0.2) is 0 Å². The number of rotatable bonds is 2. The van der Waals surface area contributed by atoms with Crippen molar-refractivity contribution in [2.75, 3.05) is 6.61 Å². The summed E-state index contributed by atoms with van der Waals surface area (Å²) in [6.07, 6.45) is 8.78. The van der Waals surface area contributed by atoms with Gasteiger partial charge in [-0.05, 0) is 61.5 Å². The summed E-state index contributed by atoms with van der Waals surface area (Å²) in [4.78, 5) is 0. The van der Waals surface area contributed by atoms with Gasteiger partial charge in [-0.1, -0.05) is 19.9 Å². The van der Waals surface area contributed by atoms with E-state index in [4.69, 9.17) is 4.74 Å². The van der Waals surface area contributed by atoms with Crippen molar-refractivity contribution in [1.82, 2.24) is 0 Å². The Labute approximate surface area is 110 Å². The van der Waals surface area contributed by atoms with E-state index in [1.54, 1.807) is 0 Å². The van der Waals surface area contributed by atoms with E-state index in [0.717, 1.165) is 37.5 Å². The van der Waals surface area contributed by atoms with E-state index < -0.39 is 5.60 Å². The molecular weight excluding hydrogens is 224 g/mol. The predicted octanol–water partition coefficient (Wildman–Crippen LogP) is 3.42. The van der Waals surface area contributed by atoms with Crippen molar-refractivity contribution in [3.05, 3.63) is 23.5 Å². The first-order chi connectivity index (χ1) is 8.44. The first-order valence-corrected chi connectivity index (χ1v) is 7.20. The third kappa shape index (κ3) is 1.58.